The maximum absolute atomic E-state index is 11.9. The van der Waals surface area contributed by atoms with E-state index in [0.717, 1.165) is 50.7 Å². The van der Waals surface area contributed by atoms with E-state index in [1.165, 1.54) is 12.5 Å². The molecule has 1 aliphatic heterocycles. The van der Waals surface area contributed by atoms with Crippen LogP contribution in [-0.2, 0) is 11.2 Å². The minimum absolute atomic E-state index is 0.192. The summed E-state index contributed by atoms with van der Waals surface area (Å²) in [7, 11) is 0. The van der Waals surface area contributed by atoms with Crippen molar-refractivity contribution in [2.75, 3.05) is 50.7 Å². The first-order chi connectivity index (χ1) is 12.5. The highest BCUT2D eigenvalue weighted by molar-refractivity contribution is 5.80. The van der Waals surface area contributed by atoms with Crippen molar-refractivity contribution in [2.24, 2.45) is 5.92 Å². The van der Waals surface area contributed by atoms with Crippen molar-refractivity contribution in [1.29, 1.82) is 0 Å². The van der Waals surface area contributed by atoms with Crippen LogP contribution in [0.5, 0.6) is 0 Å². The average Bonchev–Trinajstić information content (AvgIpc) is 3.05. The summed E-state index contributed by atoms with van der Waals surface area (Å²) in [6.45, 7) is 11.5. The predicted octanol–water partition coefficient (Wildman–Crippen LogP) is 1.23. The molecule has 2 unspecified atom stereocenters. The lowest BCUT2D eigenvalue weighted by Gasteiger charge is -2.36. The van der Waals surface area contributed by atoms with Gasteiger partial charge in [-0.3, -0.25) is 9.69 Å². The van der Waals surface area contributed by atoms with Gasteiger partial charge in [-0.2, -0.15) is 0 Å². The predicted molar refractivity (Wildman–Crippen MR) is 101 cm³/mol. The zero-order valence-electron chi connectivity index (χ0n) is 16.0. The number of aromatic nitrogens is 1. The van der Waals surface area contributed by atoms with Gasteiger partial charge in [0.2, 0.25) is 0 Å². The molecule has 1 fully saturated rings. The van der Waals surface area contributed by atoms with Crippen LogP contribution in [0.25, 0.3) is 6.08 Å². The molecule has 1 N–H and O–H groups in total. The van der Waals surface area contributed by atoms with Gasteiger partial charge in [-0.15, -0.1) is 0 Å². The number of fused-ring (bicyclic) bond motifs is 1. The smallest absolute Gasteiger partial charge is 0.251 e. The molecule has 26 heavy (non-hydrogen) atoms. The van der Waals surface area contributed by atoms with E-state index in [-0.39, 0.29) is 5.91 Å². The molecule has 2 atom stereocenters. The first kappa shape index (κ1) is 18.9. The summed E-state index contributed by atoms with van der Waals surface area (Å²) in [4.78, 5) is 18.3. The van der Waals surface area contributed by atoms with Crippen LogP contribution in [0.3, 0.4) is 0 Å². The first-order valence-electron chi connectivity index (χ1n) is 9.60. The van der Waals surface area contributed by atoms with Crippen LogP contribution in [0.15, 0.2) is 10.6 Å². The molecule has 1 aliphatic carbocycles. The van der Waals surface area contributed by atoms with Gasteiger partial charge in [-0.1, -0.05) is 18.2 Å². The SMILES string of the molecule is CCN(CCN1CCN(c2noc3c2CC(C)C=C3)CC1)C(=O)C(C)O. The minimum atomic E-state index is -0.929. The number of carbonyl (C=O) groups is 1. The van der Waals surface area contributed by atoms with E-state index in [2.05, 4.69) is 28.0 Å². The van der Waals surface area contributed by atoms with Gasteiger partial charge >= 0.3 is 0 Å². The molecule has 3 rings (SSSR count). The molecule has 7 heteroatoms. The van der Waals surface area contributed by atoms with Crippen molar-refractivity contribution in [3.8, 4) is 0 Å². The number of amides is 1. The van der Waals surface area contributed by atoms with Gasteiger partial charge in [0, 0.05) is 51.4 Å². The van der Waals surface area contributed by atoms with Crippen molar-refractivity contribution in [2.45, 2.75) is 33.3 Å². The van der Waals surface area contributed by atoms with Gasteiger partial charge in [-0.25, -0.2) is 0 Å². The molecule has 1 amide bonds. The van der Waals surface area contributed by atoms with Crippen LogP contribution < -0.4 is 4.90 Å². The average molecular weight is 362 g/mol. The number of aliphatic hydroxyl groups excluding tert-OH is 1. The Hall–Kier alpha value is -1.86. The summed E-state index contributed by atoms with van der Waals surface area (Å²) in [5.74, 6) is 2.22. The minimum Gasteiger partial charge on any atom is -0.384 e. The second-order valence-electron chi connectivity index (χ2n) is 7.31. The molecule has 1 aromatic rings. The van der Waals surface area contributed by atoms with E-state index in [9.17, 15) is 9.90 Å². The van der Waals surface area contributed by atoms with Crippen molar-refractivity contribution >= 4 is 17.8 Å². The van der Waals surface area contributed by atoms with Crippen LogP contribution in [0, 0.1) is 5.92 Å². The molecular weight excluding hydrogens is 332 g/mol. The molecule has 0 bridgehead atoms. The molecule has 0 spiro atoms. The van der Waals surface area contributed by atoms with E-state index in [1.54, 1.807) is 4.90 Å². The standard InChI is InChI=1S/C19H30N4O3/c1-4-22(19(25)15(3)24)10-7-21-8-11-23(12-9-21)18-16-13-14(2)5-6-17(16)26-20-18/h5-6,14-15,24H,4,7-13H2,1-3H3. The van der Waals surface area contributed by atoms with Crippen molar-refractivity contribution in [1.82, 2.24) is 15.0 Å². The van der Waals surface area contributed by atoms with Crippen LogP contribution in [0.1, 0.15) is 32.1 Å². The zero-order valence-corrected chi connectivity index (χ0v) is 16.0. The number of hydrogen-bond donors (Lipinski definition) is 1. The number of nitrogens with zero attached hydrogens (tertiary/aromatic N) is 4. The number of likely N-dealkylation sites (N-methyl/N-ethyl adjacent to an activating group) is 1. The molecular formula is C19H30N4O3. The largest absolute Gasteiger partial charge is 0.384 e. The fraction of sp³-hybridized carbons (Fsp3) is 0.684. The van der Waals surface area contributed by atoms with E-state index in [1.807, 2.05) is 13.0 Å². The normalized spacial score (nSPS) is 21.5. The van der Waals surface area contributed by atoms with E-state index < -0.39 is 6.10 Å². The molecule has 2 heterocycles. The quantitative estimate of drug-likeness (QED) is 0.821. The molecule has 0 radical (unpaired) electrons. The Kier molecular flexibility index (Phi) is 5.98. The van der Waals surface area contributed by atoms with Crippen molar-refractivity contribution < 1.29 is 14.4 Å². The van der Waals surface area contributed by atoms with Crippen LogP contribution in [-0.4, -0.2) is 77.9 Å². The number of hydrogen-bond acceptors (Lipinski definition) is 6. The molecule has 1 aromatic heterocycles. The maximum atomic E-state index is 11.9. The third kappa shape index (κ3) is 4.10. The lowest BCUT2D eigenvalue weighted by Crippen LogP contribution is -2.50. The molecule has 1 saturated heterocycles. The zero-order chi connectivity index (χ0) is 18.7. The molecule has 144 valence electrons. The van der Waals surface area contributed by atoms with Crippen molar-refractivity contribution in [3.63, 3.8) is 0 Å². The summed E-state index contributed by atoms with van der Waals surface area (Å²) in [6, 6.07) is 0. The van der Waals surface area contributed by atoms with Crippen LogP contribution in [0.2, 0.25) is 0 Å². The van der Waals surface area contributed by atoms with Gasteiger partial charge in [0.25, 0.3) is 5.91 Å². The number of rotatable bonds is 6. The number of anilines is 1. The number of piperazine rings is 1. The highest BCUT2D eigenvalue weighted by atomic mass is 16.5. The van der Waals surface area contributed by atoms with Crippen molar-refractivity contribution in [3.05, 3.63) is 17.4 Å². The second kappa shape index (κ2) is 8.22. The van der Waals surface area contributed by atoms with E-state index >= 15 is 0 Å². The Balaban J connectivity index is 1.51. The van der Waals surface area contributed by atoms with Gasteiger partial charge in [-0.05, 0) is 32.3 Å². The lowest BCUT2D eigenvalue weighted by atomic mass is 9.95. The summed E-state index contributed by atoms with van der Waals surface area (Å²) in [5, 5.41) is 13.8. The number of aliphatic hydroxyl groups is 1. The van der Waals surface area contributed by atoms with Crippen LogP contribution in [0.4, 0.5) is 5.82 Å². The van der Waals surface area contributed by atoms with E-state index in [0.29, 0.717) is 19.0 Å². The molecule has 0 saturated carbocycles. The molecule has 7 nitrogen and oxygen atoms in total. The summed E-state index contributed by atoms with van der Waals surface area (Å²) in [6.07, 6.45) is 4.26. The third-order valence-corrected chi connectivity index (χ3v) is 5.31. The Morgan fingerprint density at radius 3 is 2.81 bits per heavy atom. The third-order valence-electron chi connectivity index (χ3n) is 5.31. The Bertz CT molecular complexity index is 647. The highest BCUT2D eigenvalue weighted by Gasteiger charge is 2.26. The van der Waals surface area contributed by atoms with Gasteiger partial charge in [0.15, 0.2) is 11.6 Å². The number of allylic oxidation sites excluding steroid dienone is 1. The van der Waals surface area contributed by atoms with Gasteiger partial charge in [0.05, 0.1) is 0 Å². The van der Waals surface area contributed by atoms with Gasteiger partial charge in [0.1, 0.15) is 6.10 Å². The second-order valence-corrected chi connectivity index (χ2v) is 7.31. The Morgan fingerprint density at radius 2 is 2.15 bits per heavy atom. The Labute approximate surface area is 155 Å². The summed E-state index contributed by atoms with van der Waals surface area (Å²) < 4.78 is 5.50. The summed E-state index contributed by atoms with van der Waals surface area (Å²) in [5.41, 5.74) is 1.23. The lowest BCUT2D eigenvalue weighted by molar-refractivity contribution is -0.139. The topological polar surface area (TPSA) is 73.0 Å². The number of carbonyl (C=O) groups excluding carboxylic acids is 1. The van der Waals surface area contributed by atoms with Crippen LogP contribution >= 0.6 is 0 Å². The summed E-state index contributed by atoms with van der Waals surface area (Å²) >= 11 is 0. The van der Waals surface area contributed by atoms with E-state index in [4.69, 9.17) is 4.52 Å². The highest BCUT2D eigenvalue weighted by Crippen LogP contribution is 2.31. The van der Waals surface area contributed by atoms with Gasteiger partial charge < -0.3 is 19.4 Å². The Morgan fingerprint density at radius 1 is 1.42 bits per heavy atom. The fourth-order valence-corrected chi connectivity index (χ4v) is 3.66. The first-order valence-corrected chi connectivity index (χ1v) is 9.60. The molecule has 2 aliphatic rings. The fourth-order valence-electron chi connectivity index (χ4n) is 3.66. The molecule has 0 aromatic carbocycles. The monoisotopic (exact) mass is 362 g/mol. The maximum Gasteiger partial charge on any atom is 0.251 e.